The van der Waals surface area contributed by atoms with Crippen LogP contribution in [0.15, 0.2) is 18.2 Å². The van der Waals surface area contributed by atoms with Gasteiger partial charge in [-0.15, -0.1) is 11.3 Å². The lowest BCUT2D eigenvalue weighted by molar-refractivity contribution is 0.0739. The Bertz CT molecular complexity index is 662. The van der Waals surface area contributed by atoms with Crippen LogP contribution in [0, 0.1) is 6.92 Å². The molecule has 2 heterocycles. The summed E-state index contributed by atoms with van der Waals surface area (Å²) in [4.78, 5) is 15.5. The number of carbonyl (C=O) groups is 1. The first kappa shape index (κ1) is 13.4. The van der Waals surface area contributed by atoms with Crippen LogP contribution in [0.5, 0.6) is 0 Å². The van der Waals surface area contributed by atoms with Gasteiger partial charge in [-0.1, -0.05) is 25.1 Å². The highest BCUT2D eigenvalue weighted by Gasteiger charge is 2.30. The first-order chi connectivity index (χ1) is 9.63. The van der Waals surface area contributed by atoms with Gasteiger partial charge in [-0.25, -0.2) is 0 Å². The van der Waals surface area contributed by atoms with Crippen molar-refractivity contribution in [3.8, 4) is 0 Å². The van der Waals surface area contributed by atoms with Gasteiger partial charge in [-0.3, -0.25) is 4.79 Å². The predicted octanol–water partition coefficient (Wildman–Crippen LogP) is 3.81. The fourth-order valence-electron chi connectivity index (χ4n) is 3.10. The zero-order chi connectivity index (χ0) is 14.3. The standard InChI is InChI=1S/C16H20N2OS/c1-3-11-7-5-9-18(11)16(19)15-13(17)12-8-4-6-10(2)14(12)20-15/h4,6,8,11H,3,5,7,9,17H2,1-2H3. The minimum absolute atomic E-state index is 0.118. The van der Waals surface area contributed by atoms with Crippen LogP contribution < -0.4 is 5.73 Å². The fourth-order valence-corrected chi connectivity index (χ4v) is 4.24. The molecule has 1 aliphatic rings. The van der Waals surface area contributed by atoms with E-state index in [4.69, 9.17) is 5.73 Å². The summed E-state index contributed by atoms with van der Waals surface area (Å²) in [5.74, 6) is 0.118. The topological polar surface area (TPSA) is 46.3 Å². The maximum Gasteiger partial charge on any atom is 0.266 e. The van der Waals surface area contributed by atoms with Crippen molar-refractivity contribution < 1.29 is 4.79 Å². The molecule has 1 saturated heterocycles. The quantitative estimate of drug-likeness (QED) is 0.913. The molecule has 0 aliphatic carbocycles. The SMILES string of the molecule is CCC1CCCN1C(=O)c1sc2c(C)cccc2c1N. The number of nitrogens with zero attached hydrogens (tertiary/aromatic N) is 1. The molecule has 1 aliphatic heterocycles. The molecule has 1 aromatic carbocycles. The van der Waals surface area contributed by atoms with Gasteiger partial charge in [-0.05, 0) is 31.7 Å². The molecular formula is C16H20N2OS. The fraction of sp³-hybridized carbons (Fsp3) is 0.438. The van der Waals surface area contributed by atoms with Gasteiger partial charge in [0.1, 0.15) is 4.88 Å². The molecule has 2 aromatic rings. The maximum absolute atomic E-state index is 12.8. The van der Waals surface area contributed by atoms with Gasteiger partial charge in [0.25, 0.3) is 5.91 Å². The molecule has 0 spiro atoms. The molecule has 1 amide bonds. The number of anilines is 1. The van der Waals surface area contributed by atoms with Crippen LogP contribution in [0.2, 0.25) is 0 Å². The summed E-state index contributed by atoms with van der Waals surface area (Å²) in [6, 6.07) is 6.46. The molecule has 0 bridgehead atoms. The number of nitrogen functional groups attached to an aromatic ring is 1. The number of carbonyl (C=O) groups excluding carboxylic acids is 1. The monoisotopic (exact) mass is 288 g/mol. The second-order valence-corrected chi connectivity index (χ2v) is 6.52. The average molecular weight is 288 g/mol. The molecule has 106 valence electrons. The molecule has 2 N–H and O–H groups in total. The van der Waals surface area contributed by atoms with Crippen molar-refractivity contribution in [2.75, 3.05) is 12.3 Å². The number of hydrogen-bond donors (Lipinski definition) is 1. The smallest absolute Gasteiger partial charge is 0.266 e. The third kappa shape index (κ3) is 1.99. The largest absolute Gasteiger partial charge is 0.397 e. The number of thiophene rings is 1. The molecule has 0 saturated carbocycles. The first-order valence-corrected chi connectivity index (χ1v) is 8.03. The molecule has 3 rings (SSSR count). The van der Waals surface area contributed by atoms with Crippen molar-refractivity contribution in [1.29, 1.82) is 0 Å². The predicted molar refractivity (Wildman–Crippen MR) is 85.3 cm³/mol. The average Bonchev–Trinajstić information content (AvgIpc) is 3.04. The van der Waals surface area contributed by atoms with Crippen LogP contribution in [0.4, 0.5) is 5.69 Å². The Labute approximate surface area is 123 Å². The number of hydrogen-bond acceptors (Lipinski definition) is 3. The summed E-state index contributed by atoms with van der Waals surface area (Å²) in [6.07, 6.45) is 3.25. The first-order valence-electron chi connectivity index (χ1n) is 7.22. The highest BCUT2D eigenvalue weighted by molar-refractivity contribution is 7.21. The van der Waals surface area contributed by atoms with Crippen LogP contribution in [0.25, 0.3) is 10.1 Å². The van der Waals surface area contributed by atoms with Gasteiger partial charge in [0.05, 0.1) is 5.69 Å². The van der Waals surface area contributed by atoms with Crippen molar-refractivity contribution in [1.82, 2.24) is 4.90 Å². The summed E-state index contributed by atoms with van der Waals surface area (Å²) >= 11 is 1.54. The van der Waals surface area contributed by atoms with Gasteiger partial charge in [-0.2, -0.15) is 0 Å². The van der Waals surface area contributed by atoms with E-state index in [9.17, 15) is 4.79 Å². The van der Waals surface area contributed by atoms with Crippen molar-refractivity contribution in [3.05, 3.63) is 28.6 Å². The number of fused-ring (bicyclic) bond motifs is 1. The van der Waals surface area contributed by atoms with Crippen molar-refractivity contribution >= 4 is 33.0 Å². The maximum atomic E-state index is 12.8. The number of amides is 1. The van der Waals surface area contributed by atoms with Gasteiger partial charge in [0.2, 0.25) is 0 Å². The van der Waals surface area contributed by atoms with Crippen molar-refractivity contribution in [2.24, 2.45) is 0 Å². The number of aryl methyl sites for hydroxylation is 1. The zero-order valence-electron chi connectivity index (χ0n) is 12.0. The van der Waals surface area contributed by atoms with E-state index < -0.39 is 0 Å². The Hall–Kier alpha value is -1.55. The Kier molecular flexibility index (Phi) is 3.42. The number of rotatable bonds is 2. The summed E-state index contributed by atoms with van der Waals surface area (Å²) < 4.78 is 1.14. The minimum Gasteiger partial charge on any atom is -0.397 e. The second kappa shape index (κ2) is 5.09. The number of benzene rings is 1. The summed E-state index contributed by atoms with van der Waals surface area (Å²) in [6.45, 7) is 5.08. The molecule has 1 aromatic heterocycles. The van der Waals surface area contributed by atoms with Crippen LogP contribution in [0.3, 0.4) is 0 Å². The van der Waals surface area contributed by atoms with Crippen molar-refractivity contribution in [3.63, 3.8) is 0 Å². The van der Waals surface area contributed by atoms with E-state index >= 15 is 0 Å². The van der Waals surface area contributed by atoms with Gasteiger partial charge in [0.15, 0.2) is 0 Å². The molecule has 4 heteroatoms. The molecule has 3 nitrogen and oxygen atoms in total. The molecule has 20 heavy (non-hydrogen) atoms. The highest BCUT2D eigenvalue weighted by atomic mass is 32.1. The number of nitrogens with two attached hydrogens (primary N) is 1. The van der Waals surface area contributed by atoms with E-state index in [0.29, 0.717) is 11.7 Å². The third-order valence-electron chi connectivity index (χ3n) is 4.25. The minimum atomic E-state index is 0.118. The van der Waals surface area contributed by atoms with E-state index in [1.807, 2.05) is 17.0 Å². The van der Waals surface area contributed by atoms with Crippen LogP contribution in [-0.2, 0) is 0 Å². The Morgan fingerprint density at radius 2 is 2.30 bits per heavy atom. The van der Waals surface area contributed by atoms with E-state index in [2.05, 4.69) is 19.9 Å². The second-order valence-electron chi connectivity index (χ2n) is 5.50. The van der Waals surface area contributed by atoms with Gasteiger partial charge >= 0.3 is 0 Å². The number of likely N-dealkylation sites (tertiary alicyclic amines) is 1. The lowest BCUT2D eigenvalue weighted by Gasteiger charge is -2.23. The van der Waals surface area contributed by atoms with E-state index in [1.165, 1.54) is 5.56 Å². The Balaban J connectivity index is 2.04. The van der Waals surface area contributed by atoms with Crippen LogP contribution in [0.1, 0.15) is 41.4 Å². The summed E-state index contributed by atoms with van der Waals surface area (Å²) in [5.41, 5.74) is 8.07. The third-order valence-corrected chi connectivity index (χ3v) is 5.60. The summed E-state index contributed by atoms with van der Waals surface area (Å²) in [5, 5.41) is 1.02. The molecule has 1 unspecified atom stereocenters. The normalized spacial score (nSPS) is 18.9. The molecular weight excluding hydrogens is 268 g/mol. The highest BCUT2D eigenvalue weighted by Crippen LogP contribution is 2.37. The van der Waals surface area contributed by atoms with Crippen LogP contribution in [-0.4, -0.2) is 23.4 Å². The summed E-state index contributed by atoms with van der Waals surface area (Å²) in [7, 11) is 0. The zero-order valence-corrected chi connectivity index (χ0v) is 12.8. The van der Waals surface area contributed by atoms with Crippen molar-refractivity contribution in [2.45, 2.75) is 39.2 Å². The van der Waals surface area contributed by atoms with Crippen LogP contribution >= 0.6 is 11.3 Å². The Morgan fingerprint density at radius 3 is 3.00 bits per heavy atom. The lowest BCUT2D eigenvalue weighted by atomic mass is 10.1. The molecule has 1 atom stereocenters. The van der Waals surface area contributed by atoms with Gasteiger partial charge in [0, 0.05) is 22.7 Å². The molecule has 0 radical (unpaired) electrons. The van der Waals surface area contributed by atoms with E-state index in [1.54, 1.807) is 11.3 Å². The van der Waals surface area contributed by atoms with Gasteiger partial charge < -0.3 is 10.6 Å². The van der Waals surface area contributed by atoms with E-state index in [0.717, 1.165) is 40.8 Å². The lowest BCUT2D eigenvalue weighted by Crippen LogP contribution is -2.34. The Morgan fingerprint density at radius 1 is 1.50 bits per heavy atom. The molecule has 1 fully saturated rings. The van der Waals surface area contributed by atoms with E-state index in [-0.39, 0.29) is 5.91 Å².